The summed E-state index contributed by atoms with van der Waals surface area (Å²) in [6, 6.07) is 11.4. The molecule has 0 spiro atoms. The largest absolute Gasteiger partial charge is 0.491 e. The lowest BCUT2D eigenvalue weighted by Gasteiger charge is -2.10. The topological polar surface area (TPSA) is 51.2 Å². The molecule has 4 nitrogen and oxygen atoms in total. The van der Waals surface area contributed by atoms with Gasteiger partial charge in [-0.1, -0.05) is 6.07 Å². The van der Waals surface area contributed by atoms with Crippen LogP contribution in [0.5, 0.6) is 5.75 Å². The third kappa shape index (κ3) is 5.56. The number of carbonyl (C=O) groups excluding carboxylic acids is 1. The van der Waals surface area contributed by atoms with E-state index in [1.54, 1.807) is 6.20 Å². The van der Waals surface area contributed by atoms with Gasteiger partial charge >= 0.3 is 0 Å². The Balaban J connectivity index is 1.74. The summed E-state index contributed by atoms with van der Waals surface area (Å²) in [5.41, 5.74) is 1.95. The summed E-state index contributed by atoms with van der Waals surface area (Å²) in [5, 5.41) is 2.90. The van der Waals surface area contributed by atoms with E-state index < -0.39 is 0 Å². The maximum atomic E-state index is 11.9. The summed E-state index contributed by atoms with van der Waals surface area (Å²) in [6.07, 6.45) is 5.91. The Kier molecular flexibility index (Phi) is 5.95. The summed E-state index contributed by atoms with van der Waals surface area (Å²) in [6.45, 7) is 3.97. The molecule has 0 bridgehead atoms. The number of ether oxygens (including phenoxy) is 1. The number of nitrogens with one attached hydrogen (secondary N) is 1. The van der Waals surface area contributed by atoms with Gasteiger partial charge in [-0.2, -0.15) is 0 Å². The zero-order valence-corrected chi connectivity index (χ0v) is 13.1. The zero-order chi connectivity index (χ0) is 15.8. The number of anilines is 1. The van der Waals surface area contributed by atoms with E-state index in [0.29, 0.717) is 6.42 Å². The van der Waals surface area contributed by atoms with E-state index in [0.717, 1.165) is 29.8 Å². The fraction of sp³-hybridized carbons (Fsp3) is 0.333. The highest BCUT2D eigenvalue weighted by atomic mass is 16.5. The van der Waals surface area contributed by atoms with Crippen molar-refractivity contribution in [1.82, 2.24) is 4.98 Å². The summed E-state index contributed by atoms with van der Waals surface area (Å²) < 4.78 is 5.57. The first-order valence-electron chi connectivity index (χ1n) is 7.59. The van der Waals surface area contributed by atoms with E-state index in [1.807, 2.05) is 56.4 Å². The van der Waals surface area contributed by atoms with Gasteiger partial charge in [-0.15, -0.1) is 0 Å². The van der Waals surface area contributed by atoms with Crippen LogP contribution in [0, 0.1) is 0 Å². The van der Waals surface area contributed by atoms with E-state index >= 15 is 0 Å². The van der Waals surface area contributed by atoms with Crippen molar-refractivity contribution in [2.45, 2.75) is 39.2 Å². The van der Waals surface area contributed by atoms with E-state index in [9.17, 15) is 4.79 Å². The van der Waals surface area contributed by atoms with Crippen LogP contribution in [0.25, 0.3) is 0 Å². The molecule has 0 aliphatic heterocycles. The van der Waals surface area contributed by atoms with Crippen LogP contribution in [-0.2, 0) is 11.2 Å². The minimum absolute atomic E-state index is 0.0291. The molecule has 0 aliphatic rings. The number of carbonyl (C=O) groups is 1. The third-order valence-electron chi connectivity index (χ3n) is 3.10. The van der Waals surface area contributed by atoms with E-state index in [4.69, 9.17) is 4.74 Å². The Morgan fingerprint density at radius 1 is 1.23 bits per heavy atom. The van der Waals surface area contributed by atoms with Gasteiger partial charge in [-0.25, -0.2) is 0 Å². The van der Waals surface area contributed by atoms with Crippen molar-refractivity contribution < 1.29 is 9.53 Å². The van der Waals surface area contributed by atoms with Crippen LogP contribution in [0.4, 0.5) is 5.69 Å². The van der Waals surface area contributed by atoms with Crippen molar-refractivity contribution in [2.24, 2.45) is 0 Å². The molecule has 22 heavy (non-hydrogen) atoms. The molecular weight excluding hydrogens is 276 g/mol. The van der Waals surface area contributed by atoms with Gasteiger partial charge < -0.3 is 10.1 Å². The number of pyridine rings is 1. The molecule has 1 heterocycles. The lowest BCUT2D eigenvalue weighted by molar-refractivity contribution is -0.116. The molecule has 0 aliphatic carbocycles. The Morgan fingerprint density at radius 3 is 2.64 bits per heavy atom. The fourth-order valence-electron chi connectivity index (χ4n) is 2.11. The van der Waals surface area contributed by atoms with Crippen molar-refractivity contribution in [2.75, 3.05) is 5.32 Å². The number of hydrogen-bond acceptors (Lipinski definition) is 3. The molecule has 0 radical (unpaired) electrons. The van der Waals surface area contributed by atoms with Crippen molar-refractivity contribution in [1.29, 1.82) is 0 Å². The molecule has 0 atom stereocenters. The highest BCUT2D eigenvalue weighted by Crippen LogP contribution is 2.17. The molecule has 1 aromatic carbocycles. The van der Waals surface area contributed by atoms with Crippen molar-refractivity contribution >= 4 is 11.6 Å². The van der Waals surface area contributed by atoms with Crippen LogP contribution in [0.15, 0.2) is 48.8 Å². The second-order valence-corrected chi connectivity index (χ2v) is 5.45. The molecule has 2 aromatic rings. The minimum atomic E-state index is 0.0291. The minimum Gasteiger partial charge on any atom is -0.491 e. The maximum absolute atomic E-state index is 11.9. The van der Waals surface area contributed by atoms with E-state index in [1.165, 1.54) is 0 Å². The summed E-state index contributed by atoms with van der Waals surface area (Å²) >= 11 is 0. The highest BCUT2D eigenvalue weighted by molar-refractivity contribution is 5.90. The SMILES string of the molecule is CC(C)Oc1ccc(NC(=O)CCCc2cccnc2)cc1. The van der Waals surface area contributed by atoms with Crippen molar-refractivity contribution in [3.8, 4) is 5.75 Å². The molecule has 116 valence electrons. The van der Waals surface area contributed by atoms with E-state index in [2.05, 4.69) is 10.3 Å². The molecule has 0 fully saturated rings. The predicted octanol–water partition coefficient (Wildman–Crippen LogP) is 3.83. The smallest absolute Gasteiger partial charge is 0.224 e. The average Bonchev–Trinajstić information content (AvgIpc) is 2.50. The first-order valence-corrected chi connectivity index (χ1v) is 7.59. The molecule has 1 aromatic heterocycles. The highest BCUT2D eigenvalue weighted by Gasteiger charge is 2.04. The zero-order valence-electron chi connectivity index (χ0n) is 13.1. The van der Waals surface area contributed by atoms with Crippen molar-refractivity contribution in [3.63, 3.8) is 0 Å². The van der Waals surface area contributed by atoms with Gasteiger partial charge in [0.1, 0.15) is 5.75 Å². The molecule has 2 rings (SSSR count). The summed E-state index contributed by atoms with van der Waals surface area (Å²) in [7, 11) is 0. The Labute approximate surface area is 131 Å². The van der Waals surface area contributed by atoms with Crippen LogP contribution in [0.1, 0.15) is 32.3 Å². The average molecular weight is 298 g/mol. The number of rotatable bonds is 7. The van der Waals surface area contributed by atoms with Crippen LogP contribution in [-0.4, -0.2) is 17.0 Å². The number of aryl methyl sites for hydroxylation is 1. The molecular formula is C18H22N2O2. The number of hydrogen-bond donors (Lipinski definition) is 1. The first-order chi connectivity index (χ1) is 10.6. The number of amides is 1. The van der Waals surface area contributed by atoms with Gasteiger partial charge in [0.15, 0.2) is 0 Å². The second-order valence-electron chi connectivity index (χ2n) is 5.45. The maximum Gasteiger partial charge on any atom is 0.224 e. The normalized spacial score (nSPS) is 10.5. The van der Waals surface area contributed by atoms with Gasteiger partial charge in [-0.05, 0) is 62.6 Å². The quantitative estimate of drug-likeness (QED) is 0.845. The first kappa shape index (κ1) is 16.0. The predicted molar refractivity (Wildman–Crippen MR) is 88.0 cm³/mol. The van der Waals surface area contributed by atoms with Gasteiger partial charge in [0.05, 0.1) is 6.10 Å². The summed E-state index contributed by atoms with van der Waals surface area (Å²) in [4.78, 5) is 16.0. The Bertz CT molecular complexity index is 580. The van der Waals surface area contributed by atoms with Gasteiger partial charge in [0.25, 0.3) is 0 Å². The van der Waals surface area contributed by atoms with Crippen LogP contribution < -0.4 is 10.1 Å². The number of aromatic nitrogens is 1. The number of nitrogens with zero attached hydrogens (tertiary/aromatic N) is 1. The van der Waals surface area contributed by atoms with Crippen LogP contribution >= 0.6 is 0 Å². The molecule has 1 N–H and O–H groups in total. The Morgan fingerprint density at radius 2 is 2.00 bits per heavy atom. The third-order valence-corrected chi connectivity index (χ3v) is 3.10. The second kappa shape index (κ2) is 8.17. The van der Waals surface area contributed by atoms with Gasteiger partial charge in [0.2, 0.25) is 5.91 Å². The lowest BCUT2D eigenvalue weighted by Crippen LogP contribution is -2.11. The van der Waals surface area contributed by atoms with Crippen molar-refractivity contribution in [3.05, 3.63) is 54.4 Å². The number of benzene rings is 1. The standard InChI is InChI=1S/C18H22N2O2/c1-14(2)22-17-10-8-16(9-11-17)20-18(21)7-3-5-15-6-4-12-19-13-15/h4,6,8-14H,3,5,7H2,1-2H3,(H,20,21). The monoisotopic (exact) mass is 298 g/mol. The molecule has 4 heteroatoms. The molecule has 1 amide bonds. The van der Waals surface area contributed by atoms with Crippen LogP contribution in [0.3, 0.4) is 0 Å². The van der Waals surface area contributed by atoms with Gasteiger partial charge in [-0.3, -0.25) is 9.78 Å². The molecule has 0 saturated carbocycles. The van der Waals surface area contributed by atoms with Crippen LogP contribution in [0.2, 0.25) is 0 Å². The Hall–Kier alpha value is -2.36. The fourth-order valence-corrected chi connectivity index (χ4v) is 2.11. The summed E-state index contributed by atoms with van der Waals surface area (Å²) in [5.74, 6) is 0.839. The lowest BCUT2D eigenvalue weighted by atomic mass is 10.1. The molecule has 0 unspecified atom stereocenters. The van der Waals surface area contributed by atoms with E-state index in [-0.39, 0.29) is 12.0 Å². The van der Waals surface area contributed by atoms with Gasteiger partial charge in [0, 0.05) is 24.5 Å². The molecule has 0 saturated heterocycles.